The molecule has 122 valence electrons. The van der Waals surface area contributed by atoms with Crippen molar-refractivity contribution < 1.29 is 4.79 Å². The molecule has 0 fully saturated rings. The molecule has 0 aliphatic heterocycles. The van der Waals surface area contributed by atoms with Crippen LogP contribution in [0.25, 0.3) is 10.8 Å². The zero-order chi connectivity index (χ0) is 16.9. The molecule has 1 N–H and O–H groups in total. The third kappa shape index (κ3) is 3.89. The predicted molar refractivity (Wildman–Crippen MR) is 104 cm³/mol. The Bertz CT molecular complexity index is 861. The second-order valence-corrected chi connectivity index (χ2v) is 6.81. The van der Waals surface area contributed by atoms with Gasteiger partial charge in [0.1, 0.15) is 0 Å². The first-order chi connectivity index (χ1) is 11.6. The number of nitrogens with one attached hydrogen (secondary N) is 1. The molecule has 0 radical (unpaired) electrons. The van der Waals surface area contributed by atoms with Gasteiger partial charge in [0, 0.05) is 19.0 Å². The maximum Gasteiger partial charge on any atom is 0.234 e. The summed E-state index contributed by atoms with van der Waals surface area (Å²) in [5.74, 6) is 0.391. The normalized spacial score (nSPS) is 10.6. The van der Waals surface area contributed by atoms with Gasteiger partial charge in [-0.25, -0.2) is 0 Å². The number of para-hydroxylation sites is 2. The number of nitrogens with zero attached hydrogens (tertiary/aromatic N) is 1. The van der Waals surface area contributed by atoms with Crippen molar-refractivity contribution in [3.8, 4) is 0 Å². The molecule has 3 aromatic rings. The summed E-state index contributed by atoms with van der Waals surface area (Å²) in [5, 5.41) is 5.41. The molecule has 0 heterocycles. The highest BCUT2D eigenvalue weighted by Crippen LogP contribution is 2.26. The standard InChI is InChI=1S/C20H20N2OS/c1-22(2)19-10-6-5-9-18(19)21-20(23)14-24-17-12-11-15-7-3-4-8-16(15)13-17/h3-13H,14H2,1-2H3,(H,21,23). The largest absolute Gasteiger partial charge is 0.376 e. The molecule has 3 rings (SSSR count). The number of carbonyl (C=O) groups excluding carboxylic acids is 1. The lowest BCUT2D eigenvalue weighted by molar-refractivity contribution is -0.113. The molecule has 0 atom stereocenters. The van der Waals surface area contributed by atoms with Gasteiger partial charge in [0.25, 0.3) is 0 Å². The van der Waals surface area contributed by atoms with Crippen molar-refractivity contribution >= 4 is 39.8 Å². The monoisotopic (exact) mass is 336 g/mol. The molecule has 0 aliphatic rings. The van der Waals surface area contributed by atoms with Crippen molar-refractivity contribution in [3.05, 3.63) is 66.7 Å². The molecular formula is C20H20N2OS. The average Bonchev–Trinajstić information content (AvgIpc) is 2.60. The van der Waals surface area contributed by atoms with Crippen molar-refractivity contribution in [2.45, 2.75) is 4.90 Å². The van der Waals surface area contributed by atoms with Crippen LogP contribution >= 0.6 is 11.8 Å². The van der Waals surface area contributed by atoms with E-state index in [-0.39, 0.29) is 5.91 Å². The fraction of sp³-hybridized carbons (Fsp3) is 0.150. The SMILES string of the molecule is CN(C)c1ccccc1NC(=O)CSc1ccc2ccccc2c1. The van der Waals surface area contributed by atoms with Crippen LogP contribution in [0.15, 0.2) is 71.6 Å². The number of anilines is 2. The number of hydrogen-bond donors (Lipinski definition) is 1. The van der Waals surface area contributed by atoms with Gasteiger partial charge in [-0.05, 0) is 35.0 Å². The van der Waals surface area contributed by atoms with Gasteiger partial charge in [0.2, 0.25) is 5.91 Å². The second kappa shape index (κ2) is 7.41. The van der Waals surface area contributed by atoms with Crippen molar-refractivity contribution in [3.63, 3.8) is 0 Å². The van der Waals surface area contributed by atoms with Gasteiger partial charge in [-0.3, -0.25) is 4.79 Å². The van der Waals surface area contributed by atoms with Gasteiger partial charge in [-0.2, -0.15) is 0 Å². The molecule has 0 unspecified atom stereocenters. The van der Waals surface area contributed by atoms with Gasteiger partial charge in [0.05, 0.1) is 17.1 Å². The molecule has 0 aromatic heterocycles. The van der Waals surface area contributed by atoms with Crippen molar-refractivity contribution in [2.24, 2.45) is 0 Å². The maximum absolute atomic E-state index is 12.3. The lowest BCUT2D eigenvalue weighted by Crippen LogP contribution is -2.17. The molecule has 0 aliphatic carbocycles. The number of thioether (sulfide) groups is 1. The van der Waals surface area contributed by atoms with Gasteiger partial charge < -0.3 is 10.2 Å². The van der Waals surface area contributed by atoms with E-state index >= 15 is 0 Å². The third-order valence-corrected chi connectivity index (χ3v) is 4.74. The Morgan fingerprint density at radius 1 is 0.958 bits per heavy atom. The number of fused-ring (bicyclic) bond motifs is 1. The first kappa shape index (κ1) is 16.4. The Morgan fingerprint density at radius 3 is 2.46 bits per heavy atom. The van der Waals surface area contributed by atoms with E-state index in [0.717, 1.165) is 16.3 Å². The van der Waals surface area contributed by atoms with E-state index in [0.29, 0.717) is 5.75 Å². The van der Waals surface area contributed by atoms with Crippen LogP contribution in [0.3, 0.4) is 0 Å². The van der Waals surface area contributed by atoms with Crippen LogP contribution in [-0.4, -0.2) is 25.8 Å². The number of hydrogen-bond acceptors (Lipinski definition) is 3. The molecule has 3 aromatic carbocycles. The average molecular weight is 336 g/mol. The number of rotatable bonds is 5. The minimum absolute atomic E-state index is 0.00228. The van der Waals surface area contributed by atoms with E-state index in [1.807, 2.05) is 55.4 Å². The molecular weight excluding hydrogens is 316 g/mol. The molecule has 3 nitrogen and oxygen atoms in total. The van der Waals surface area contributed by atoms with Crippen LogP contribution in [0.1, 0.15) is 0 Å². The smallest absolute Gasteiger partial charge is 0.234 e. The Morgan fingerprint density at radius 2 is 1.67 bits per heavy atom. The van der Waals surface area contributed by atoms with Crippen LogP contribution in [0, 0.1) is 0 Å². The van der Waals surface area contributed by atoms with E-state index in [2.05, 4.69) is 35.6 Å². The number of amides is 1. The van der Waals surface area contributed by atoms with Crippen molar-refractivity contribution in [2.75, 3.05) is 30.1 Å². The summed E-state index contributed by atoms with van der Waals surface area (Å²) in [6, 6.07) is 22.3. The number of benzene rings is 3. The highest BCUT2D eigenvalue weighted by molar-refractivity contribution is 8.00. The van der Waals surface area contributed by atoms with Crippen molar-refractivity contribution in [1.82, 2.24) is 0 Å². The summed E-state index contributed by atoms with van der Waals surface area (Å²) in [5.41, 5.74) is 1.84. The minimum atomic E-state index is 0.00228. The quantitative estimate of drug-likeness (QED) is 0.689. The molecule has 0 saturated carbocycles. The summed E-state index contributed by atoms with van der Waals surface area (Å²) >= 11 is 1.55. The lowest BCUT2D eigenvalue weighted by atomic mass is 10.1. The Labute approximate surface area is 146 Å². The summed E-state index contributed by atoms with van der Waals surface area (Å²) in [4.78, 5) is 15.4. The third-order valence-electron chi connectivity index (χ3n) is 3.75. The lowest BCUT2D eigenvalue weighted by Gasteiger charge is -2.17. The zero-order valence-corrected chi connectivity index (χ0v) is 14.6. The van der Waals surface area contributed by atoms with E-state index in [1.54, 1.807) is 11.8 Å². The molecule has 4 heteroatoms. The Hall–Kier alpha value is -2.46. The van der Waals surface area contributed by atoms with Gasteiger partial charge in [-0.1, -0.05) is 42.5 Å². The molecule has 0 saturated heterocycles. The highest BCUT2D eigenvalue weighted by atomic mass is 32.2. The van der Waals surface area contributed by atoms with Crippen LogP contribution in [0.2, 0.25) is 0 Å². The van der Waals surface area contributed by atoms with E-state index < -0.39 is 0 Å². The van der Waals surface area contributed by atoms with Crippen molar-refractivity contribution in [1.29, 1.82) is 0 Å². The zero-order valence-electron chi connectivity index (χ0n) is 13.8. The number of carbonyl (C=O) groups is 1. The van der Waals surface area contributed by atoms with Crippen LogP contribution in [0.4, 0.5) is 11.4 Å². The molecule has 24 heavy (non-hydrogen) atoms. The molecule has 0 bridgehead atoms. The summed E-state index contributed by atoms with van der Waals surface area (Å²) in [7, 11) is 3.93. The first-order valence-electron chi connectivity index (χ1n) is 7.81. The van der Waals surface area contributed by atoms with Gasteiger partial charge in [-0.15, -0.1) is 11.8 Å². The van der Waals surface area contributed by atoms with E-state index in [9.17, 15) is 4.79 Å². The molecule has 0 spiro atoms. The summed E-state index contributed by atoms with van der Waals surface area (Å²) in [6.07, 6.45) is 0. The fourth-order valence-corrected chi connectivity index (χ4v) is 3.31. The van der Waals surface area contributed by atoms with Crippen LogP contribution in [0.5, 0.6) is 0 Å². The summed E-state index contributed by atoms with van der Waals surface area (Å²) in [6.45, 7) is 0. The highest BCUT2D eigenvalue weighted by Gasteiger charge is 2.08. The summed E-state index contributed by atoms with van der Waals surface area (Å²) < 4.78 is 0. The Kier molecular flexibility index (Phi) is 5.06. The first-order valence-corrected chi connectivity index (χ1v) is 8.80. The Balaban J connectivity index is 1.65. The van der Waals surface area contributed by atoms with Crippen LogP contribution < -0.4 is 10.2 Å². The van der Waals surface area contributed by atoms with E-state index in [4.69, 9.17) is 0 Å². The van der Waals surface area contributed by atoms with Gasteiger partial charge in [0.15, 0.2) is 0 Å². The minimum Gasteiger partial charge on any atom is -0.376 e. The van der Waals surface area contributed by atoms with E-state index in [1.165, 1.54) is 10.8 Å². The predicted octanol–water partition coefficient (Wildman–Crippen LogP) is 4.64. The van der Waals surface area contributed by atoms with Crippen LogP contribution in [-0.2, 0) is 4.79 Å². The van der Waals surface area contributed by atoms with Gasteiger partial charge >= 0.3 is 0 Å². The fourth-order valence-electron chi connectivity index (χ4n) is 2.56. The maximum atomic E-state index is 12.3. The topological polar surface area (TPSA) is 32.3 Å². The second-order valence-electron chi connectivity index (χ2n) is 5.76. The molecule has 1 amide bonds.